The van der Waals surface area contributed by atoms with E-state index in [1.54, 1.807) is 18.3 Å². The van der Waals surface area contributed by atoms with Gasteiger partial charge in [0.1, 0.15) is 5.15 Å². The Bertz CT molecular complexity index is 562. The average molecular weight is 249 g/mol. The predicted octanol–water partition coefficient (Wildman–Crippen LogP) is 2.01. The van der Waals surface area contributed by atoms with Crippen molar-refractivity contribution in [2.45, 2.75) is 18.8 Å². The van der Waals surface area contributed by atoms with Crippen LogP contribution in [0.3, 0.4) is 0 Å². The Hall–Kier alpha value is -1.75. The molecular weight excluding hydrogens is 240 g/mol. The molecule has 1 aliphatic carbocycles. The van der Waals surface area contributed by atoms with Crippen LogP contribution in [0.15, 0.2) is 18.3 Å². The van der Waals surface area contributed by atoms with Gasteiger partial charge in [-0.25, -0.2) is 4.68 Å². The van der Waals surface area contributed by atoms with Gasteiger partial charge in [-0.2, -0.15) is 10.2 Å². The largest absolute Gasteiger partial charge is 0.298 e. The molecule has 6 heteroatoms. The predicted molar refractivity (Wildman–Crippen MR) is 61.5 cm³/mol. The number of aromatic nitrogens is 4. The molecule has 0 aromatic carbocycles. The summed E-state index contributed by atoms with van der Waals surface area (Å²) in [6.45, 7) is 0. The second-order valence-electron chi connectivity index (χ2n) is 3.98. The van der Waals surface area contributed by atoms with Gasteiger partial charge in [0, 0.05) is 12.1 Å². The van der Waals surface area contributed by atoms with Crippen molar-refractivity contribution in [1.82, 2.24) is 20.0 Å². The zero-order valence-electron chi connectivity index (χ0n) is 8.88. The fraction of sp³-hybridized carbons (Fsp3) is 0.273. The Morgan fingerprint density at radius 1 is 1.47 bits per heavy atom. The molecule has 1 fully saturated rings. The van der Waals surface area contributed by atoms with E-state index in [-0.39, 0.29) is 0 Å². The summed E-state index contributed by atoms with van der Waals surface area (Å²) in [6, 6.07) is 3.49. The maximum Gasteiger partial charge on any atom is 0.177 e. The number of carbonyl (C=O) groups is 1. The second kappa shape index (κ2) is 3.92. The van der Waals surface area contributed by atoms with Gasteiger partial charge in [-0.05, 0) is 25.0 Å². The molecule has 17 heavy (non-hydrogen) atoms. The molecule has 5 nitrogen and oxygen atoms in total. The Morgan fingerprint density at radius 2 is 2.29 bits per heavy atom. The lowest BCUT2D eigenvalue weighted by Crippen LogP contribution is -2.00. The Labute approximate surface area is 102 Å². The van der Waals surface area contributed by atoms with E-state index in [0.29, 0.717) is 22.5 Å². The number of aldehydes is 1. The highest BCUT2D eigenvalue weighted by Crippen LogP contribution is 2.42. The number of rotatable bonds is 3. The van der Waals surface area contributed by atoms with Crippen LogP contribution >= 0.6 is 11.6 Å². The smallest absolute Gasteiger partial charge is 0.177 e. The summed E-state index contributed by atoms with van der Waals surface area (Å²) in [5, 5.41) is 12.4. The van der Waals surface area contributed by atoms with Crippen LogP contribution in [0.4, 0.5) is 0 Å². The molecule has 0 N–H and O–H groups in total. The van der Waals surface area contributed by atoms with Crippen LogP contribution in [0.1, 0.15) is 34.8 Å². The molecule has 0 unspecified atom stereocenters. The van der Waals surface area contributed by atoms with Crippen molar-refractivity contribution >= 4 is 17.9 Å². The molecule has 2 heterocycles. The first-order valence-electron chi connectivity index (χ1n) is 5.33. The van der Waals surface area contributed by atoms with Crippen molar-refractivity contribution in [2.24, 2.45) is 0 Å². The van der Waals surface area contributed by atoms with E-state index in [1.807, 2.05) is 0 Å². The number of nitrogens with zero attached hydrogens (tertiary/aromatic N) is 4. The van der Waals surface area contributed by atoms with Gasteiger partial charge < -0.3 is 0 Å². The molecule has 0 spiro atoms. The van der Waals surface area contributed by atoms with E-state index in [0.717, 1.165) is 24.8 Å². The summed E-state index contributed by atoms with van der Waals surface area (Å²) in [5.41, 5.74) is 1.25. The molecule has 0 radical (unpaired) electrons. The fourth-order valence-electron chi connectivity index (χ4n) is 1.75. The highest BCUT2D eigenvalue weighted by atomic mass is 35.5. The van der Waals surface area contributed by atoms with Crippen LogP contribution in [-0.2, 0) is 0 Å². The summed E-state index contributed by atoms with van der Waals surface area (Å²) in [4.78, 5) is 11.1. The van der Waals surface area contributed by atoms with E-state index < -0.39 is 0 Å². The molecule has 1 aliphatic rings. The molecule has 2 aromatic heterocycles. The zero-order valence-corrected chi connectivity index (χ0v) is 9.63. The highest BCUT2D eigenvalue weighted by molar-refractivity contribution is 6.32. The zero-order chi connectivity index (χ0) is 11.8. The standard InChI is InChI=1S/C11H9ClN4O/c12-11-8(6-17)10(7-3-4-7)15-16(11)9-2-1-5-13-14-9/h1-2,5-7H,3-4H2. The van der Waals surface area contributed by atoms with Crippen molar-refractivity contribution in [2.75, 3.05) is 0 Å². The minimum Gasteiger partial charge on any atom is -0.298 e. The van der Waals surface area contributed by atoms with Gasteiger partial charge in [0.2, 0.25) is 0 Å². The molecular formula is C11H9ClN4O. The summed E-state index contributed by atoms with van der Waals surface area (Å²) >= 11 is 6.14. The lowest BCUT2D eigenvalue weighted by molar-refractivity contribution is 0.112. The Balaban J connectivity index is 2.14. The van der Waals surface area contributed by atoms with Crippen molar-refractivity contribution in [3.8, 4) is 5.82 Å². The number of hydrogen-bond donors (Lipinski definition) is 0. The average Bonchev–Trinajstić information content (AvgIpc) is 3.15. The molecule has 0 saturated heterocycles. The summed E-state index contributed by atoms with van der Waals surface area (Å²) in [5.74, 6) is 0.887. The summed E-state index contributed by atoms with van der Waals surface area (Å²) in [6.07, 6.45) is 4.46. The number of hydrogen-bond acceptors (Lipinski definition) is 4. The molecule has 1 saturated carbocycles. The van der Waals surface area contributed by atoms with Crippen LogP contribution in [-0.4, -0.2) is 26.3 Å². The number of halogens is 1. The lowest BCUT2D eigenvalue weighted by Gasteiger charge is -1.99. The molecule has 3 rings (SSSR count). The van der Waals surface area contributed by atoms with Gasteiger partial charge in [0.15, 0.2) is 12.1 Å². The van der Waals surface area contributed by atoms with Crippen LogP contribution in [0.2, 0.25) is 5.15 Å². The third kappa shape index (κ3) is 1.72. The minimum absolute atomic E-state index is 0.308. The molecule has 0 bridgehead atoms. The third-order valence-corrected chi connectivity index (χ3v) is 3.11. The highest BCUT2D eigenvalue weighted by Gasteiger charge is 2.31. The van der Waals surface area contributed by atoms with Gasteiger partial charge in [0.05, 0.1) is 11.3 Å². The van der Waals surface area contributed by atoms with Crippen LogP contribution < -0.4 is 0 Å². The second-order valence-corrected chi connectivity index (χ2v) is 4.33. The van der Waals surface area contributed by atoms with Crippen molar-refractivity contribution in [1.29, 1.82) is 0 Å². The van der Waals surface area contributed by atoms with Crippen LogP contribution in [0, 0.1) is 0 Å². The van der Waals surface area contributed by atoms with Gasteiger partial charge in [-0.15, -0.1) is 5.10 Å². The maximum atomic E-state index is 11.1. The van der Waals surface area contributed by atoms with Gasteiger partial charge in [-0.1, -0.05) is 11.6 Å². The van der Waals surface area contributed by atoms with Crippen molar-refractivity contribution < 1.29 is 4.79 Å². The fourth-order valence-corrected chi connectivity index (χ4v) is 2.02. The molecule has 0 atom stereocenters. The maximum absolute atomic E-state index is 11.1. The van der Waals surface area contributed by atoms with E-state index >= 15 is 0 Å². The normalized spacial score (nSPS) is 14.9. The van der Waals surface area contributed by atoms with Gasteiger partial charge in [-0.3, -0.25) is 4.79 Å². The quantitative estimate of drug-likeness (QED) is 0.780. The summed E-state index contributed by atoms with van der Waals surface area (Å²) in [7, 11) is 0. The van der Waals surface area contributed by atoms with E-state index in [4.69, 9.17) is 11.6 Å². The SMILES string of the molecule is O=Cc1c(C2CC2)nn(-c2cccnn2)c1Cl. The Morgan fingerprint density at radius 3 is 2.88 bits per heavy atom. The van der Waals surface area contributed by atoms with Crippen LogP contribution in [0.5, 0.6) is 0 Å². The van der Waals surface area contributed by atoms with E-state index in [9.17, 15) is 4.79 Å². The first-order valence-corrected chi connectivity index (χ1v) is 5.70. The third-order valence-electron chi connectivity index (χ3n) is 2.75. The van der Waals surface area contributed by atoms with E-state index in [1.165, 1.54) is 4.68 Å². The monoisotopic (exact) mass is 248 g/mol. The lowest BCUT2D eigenvalue weighted by atomic mass is 10.2. The first-order chi connectivity index (χ1) is 8.31. The molecule has 86 valence electrons. The van der Waals surface area contributed by atoms with Crippen molar-refractivity contribution in [3.05, 3.63) is 34.7 Å². The van der Waals surface area contributed by atoms with Gasteiger partial charge in [0.25, 0.3) is 0 Å². The Kier molecular flexibility index (Phi) is 2.40. The topological polar surface area (TPSA) is 60.7 Å². The molecule has 2 aromatic rings. The van der Waals surface area contributed by atoms with Gasteiger partial charge >= 0.3 is 0 Å². The molecule has 0 aliphatic heterocycles. The van der Waals surface area contributed by atoms with E-state index in [2.05, 4.69) is 15.3 Å². The van der Waals surface area contributed by atoms with Crippen molar-refractivity contribution in [3.63, 3.8) is 0 Å². The minimum atomic E-state index is 0.308. The first kappa shape index (κ1) is 10.4. The summed E-state index contributed by atoms with van der Waals surface area (Å²) < 4.78 is 1.46. The molecule has 0 amide bonds. The number of carbonyl (C=O) groups excluding carboxylic acids is 1. The van der Waals surface area contributed by atoms with Crippen LogP contribution in [0.25, 0.3) is 5.82 Å².